The van der Waals surface area contributed by atoms with E-state index in [2.05, 4.69) is 85.5 Å². The summed E-state index contributed by atoms with van der Waals surface area (Å²) < 4.78 is 0. The summed E-state index contributed by atoms with van der Waals surface area (Å²) in [5.74, 6) is 0. The minimum Gasteiger partial charge on any atom is -0.423 e. The van der Waals surface area contributed by atoms with Crippen molar-refractivity contribution >= 4 is 29.6 Å². The smallest absolute Gasteiger partial charge is 0.423 e. The van der Waals surface area contributed by atoms with Crippen LogP contribution in [0.1, 0.15) is 25.0 Å². The molecule has 37 heavy (non-hydrogen) atoms. The van der Waals surface area contributed by atoms with Gasteiger partial charge in [-0.05, 0) is 69.8 Å². The van der Waals surface area contributed by atoms with E-state index in [4.69, 9.17) is 0 Å². The summed E-state index contributed by atoms with van der Waals surface area (Å²) in [7, 11) is -1.57. The third-order valence-corrected chi connectivity index (χ3v) is 7.51. The predicted octanol–water partition coefficient (Wildman–Crippen LogP) is 6.81. The molecule has 3 nitrogen and oxygen atoms in total. The number of nitrogens with zero attached hydrogens (tertiary/aromatic N) is 1. The van der Waals surface area contributed by atoms with Crippen molar-refractivity contribution in [3.8, 4) is 22.3 Å². The van der Waals surface area contributed by atoms with E-state index in [0.29, 0.717) is 5.46 Å². The van der Waals surface area contributed by atoms with E-state index in [1.807, 2.05) is 48.5 Å². The normalized spacial score (nSPS) is 13.1. The van der Waals surface area contributed by atoms with E-state index in [0.717, 1.165) is 22.6 Å². The lowest BCUT2D eigenvalue weighted by Crippen LogP contribution is -2.34. The van der Waals surface area contributed by atoms with Gasteiger partial charge in [-0.3, -0.25) is 0 Å². The second-order valence-corrected chi connectivity index (χ2v) is 10.1. The van der Waals surface area contributed by atoms with E-state index in [1.165, 1.54) is 27.8 Å². The summed E-state index contributed by atoms with van der Waals surface area (Å²) in [6, 6.07) is 41.3. The molecule has 0 radical (unpaired) electrons. The summed E-state index contributed by atoms with van der Waals surface area (Å²) in [6.45, 7) is 4.60. The van der Waals surface area contributed by atoms with Gasteiger partial charge >= 0.3 is 7.12 Å². The average Bonchev–Trinajstić information content (AvgIpc) is 3.16. The zero-order chi connectivity index (χ0) is 25.6. The highest BCUT2D eigenvalue weighted by atomic mass is 16.4. The molecule has 4 heteroatoms. The molecule has 0 spiro atoms. The van der Waals surface area contributed by atoms with Crippen molar-refractivity contribution in [1.29, 1.82) is 0 Å². The lowest BCUT2D eigenvalue weighted by Gasteiger charge is -2.28. The van der Waals surface area contributed by atoms with Gasteiger partial charge in [-0.15, -0.1) is 0 Å². The second kappa shape index (κ2) is 9.08. The standard InChI is InChI=1S/C33H28BNO2/c1-33(2)29-13-7-6-12-27(29)28-21-18-24(22-30(28)33)23-16-19-26(20-17-23)35(25-10-4-3-5-11-25)32-15-9-8-14-31(32)34(36)37/h3-22,36-37H,1-2H3. The summed E-state index contributed by atoms with van der Waals surface area (Å²) in [4.78, 5) is 2.06. The molecule has 0 bridgehead atoms. The maximum atomic E-state index is 10.1. The van der Waals surface area contributed by atoms with Crippen LogP contribution in [0.25, 0.3) is 22.3 Å². The van der Waals surface area contributed by atoms with E-state index in [9.17, 15) is 10.0 Å². The molecule has 180 valence electrons. The fourth-order valence-corrected chi connectivity index (χ4v) is 5.60. The first-order valence-electron chi connectivity index (χ1n) is 12.6. The molecule has 1 aliphatic carbocycles. The van der Waals surface area contributed by atoms with Gasteiger partial charge in [0.05, 0.1) is 0 Å². The molecule has 0 heterocycles. The first-order valence-corrected chi connectivity index (χ1v) is 12.6. The summed E-state index contributed by atoms with van der Waals surface area (Å²) in [6.07, 6.45) is 0. The molecule has 0 amide bonds. The molecule has 0 fully saturated rings. The minimum atomic E-state index is -1.57. The number of fused-ring (bicyclic) bond motifs is 3. The van der Waals surface area contributed by atoms with E-state index in [-0.39, 0.29) is 5.41 Å². The minimum absolute atomic E-state index is 0.0408. The summed E-state index contributed by atoms with van der Waals surface area (Å²) in [5, 5.41) is 20.1. The van der Waals surface area contributed by atoms with Crippen LogP contribution >= 0.6 is 0 Å². The Labute approximate surface area is 218 Å². The largest absolute Gasteiger partial charge is 0.490 e. The van der Waals surface area contributed by atoms with Crippen LogP contribution in [0.4, 0.5) is 17.1 Å². The Morgan fingerprint density at radius 1 is 0.568 bits per heavy atom. The fourth-order valence-electron chi connectivity index (χ4n) is 5.60. The average molecular weight is 481 g/mol. The SMILES string of the molecule is CC1(C)c2ccccc2-c2ccc(-c3ccc(N(c4ccccc4)c4ccccc4B(O)O)cc3)cc21. The number of benzene rings is 5. The van der Waals surface area contributed by atoms with Crippen LogP contribution in [0.5, 0.6) is 0 Å². The second-order valence-electron chi connectivity index (χ2n) is 10.1. The Balaban J connectivity index is 1.41. The molecule has 1 aliphatic rings. The number of hydrogen-bond acceptors (Lipinski definition) is 3. The monoisotopic (exact) mass is 481 g/mol. The van der Waals surface area contributed by atoms with E-state index >= 15 is 0 Å². The van der Waals surface area contributed by atoms with Gasteiger partial charge in [0.25, 0.3) is 0 Å². The van der Waals surface area contributed by atoms with Crippen LogP contribution in [-0.4, -0.2) is 17.2 Å². The molecule has 0 unspecified atom stereocenters. The highest BCUT2D eigenvalue weighted by molar-refractivity contribution is 6.60. The molecule has 6 rings (SSSR count). The Morgan fingerprint density at radius 2 is 1.16 bits per heavy atom. The Kier molecular flexibility index (Phi) is 5.71. The predicted molar refractivity (Wildman–Crippen MR) is 154 cm³/mol. The Hall–Kier alpha value is -4.12. The first-order chi connectivity index (χ1) is 17.9. The first kappa shape index (κ1) is 23.3. The fraction of sp³-hybridized carbons (Fsp3) is 0.0909. The number of hydrogen-bond donors (Lipinski definition) is 2. The molecule has 0 atom stereocenters. The van der Waals surface area contributed by atoms with Gasteiger partial charge < -0.3 is 14.9 Å². The Morgan fingerprint density at radius 3 is 1.92 bits per heavy atom. The topological polar surface area (TPSA) is 43.7 Å². The quantitative estimate of drug-likeness (QED) is 0.271. The molecule has 5 aromatic carbocycles. The molecule has 0 saturated heterocycles. The van der Waals surface area contributed by atoms with Gasteiger partial charge in [0, 0.05) is 27.9 Å². The lowest BCUT2D eigenvalue weighted by atomic mass is 9.78. The van der Waals surface area contributed by atoms with Gasteiger partial charge in [-0.1, -0.05) is 98.8 Å². The molecule has 0 aromatic heterocycles. The highest BCUT2D eigenvalue weighted by Crippen LogP contribution is 2.49. The van der Waals surface area contributed by atoms with Crippen LogP contribution < -0.4 is 10.4 Å². The van der Waals surface area contributed by atoms with Crippen LogP contribution in [0.15, 0.2) is 121 Å². The van der Waals surface area contributed by atoms with Gasteiger partial charge in [-0.25, -0.2) is 0 Å². The number of rotatable bonds is 5. The van der Waals surface area contributed by atoms with E-state index < -0.39 is 7.12 Å². The lowest BCUT2D eigenvalue weighted by molar-refractivity contribution is 0.426. The molecular weight excluding hydrogens is 453 g/mol. The third-order valence-electron chi connectivity index (χ3n) is 7.51. The number of para-hydroxylation sites is 2. The maximum Gasteiger partial charge on any atom is 0.490 e. The van der Waals surface area contributed by atoms with Crippen LogP contribution in [0.3, 0.4) is 0 Å². The van der Waals surface area contributed by atoms with Gasteiger partial charge in [-0.2, -0.15) is 0 Å². The molecule has 2 N–H and O–H groups in total. The Bertz CT molecular complexity index is 1580. The molecular formula is C33H28BNO2. The summed E-state index contributed by atoms with van der Waals surface area (Å²) in [5.41, 5.74) is 10.7. The molecule has 0 aliphatic heterocycles. The van der Waals surface area contributed by atoms with Crippen molar-refractivity contribution in [2.45, 2.75) is 19.3 Å². The van der Waals surface area contributed by atoms with Crippen molar-refractivity contribution in [2.75, 3.05) is 4.90 Å². The van der Waals surface area contributed by atoms with Gasteiger partial charge in [0.15, 0.2) is 0 Å². The van der Waals surface area contributed by atoms with Crippen LogP contribution in [0, 0.1) is 0 Å². The van der Waals surface area contributed by atoms with Crippen molar-refractivity contribution in [3.63, 3.8) is 0 Å². The van der Waals surface area contributed by atoms with E-state index in [1.54, 1.807) is 6.07 Å². The van der Waals surface area contributed by atoms with Gasteiger partial charge in [0.2, 0.25) is 0 Å². The van der Waals surface area contributed by atoms with Crippen LogP contribution in [0.2, 0.25) is 0 Å². The van der Waals surface area contributed by atoms with Crippen molar-refractivity contribution < 1.29 is 10.0 Å². The van der Waals surface area contributed by atoms with Crippen molar-refractivity contribution in [1.82, 2.24) is 0 Å². The number of anilines is 3. The van der Waals surface area contributed by atoms with Crippen LogP contribution in [-0.2, 0) is 5.41 Å². The van der Waals surface area contributed by atoms with Crippen molar-refractivity contribution in [2.24, 2.45) is 0 Å². The zero-order valence-corrected chi connectivity index (χ0v) is 21.0. The third kappa shape index (κ3) is 3.95. The highest BCUT2D eigenvalue weighted by Gasteiger charge is 2.35. The van der Waals surface area contributed by atoms with Crippen molar-refractivity contribution in [3.05, 3.63) is 132 Å². The molecule has 5 aromatic rings. The zero-order valence-electron chi connectivity index (χ0n) is 21.0. The maximum absolute atomic E-state index is 10.1. The van der Waals surface area contributed by atoms with Gasteiger partial charge in [0.1, 0.15) is 0 Å². The molecule has 0 saturated carbocycles. The summed E-state index contributed by atoms with van der Waals surface area (Å²) >= 11 is 0.